The van der Waals surface area contributed by atoms with E-state index < -0.39 is 12.6 Å². The van der Waals surface area contributed by atoms with Crippen LogP contribution in [0.15, 0.2) is 24.3 Å². The van der Waals surface area contributed by atoms with E-state index in [-0.39, 0.29) is 11.5 Å². The number of hydrogen-bond donors (Lipinski definition) is 4. The number of rotatable bonds is 2. The molecule has 1 aromatic carbocycles. The predicted molar refractivity (Wildman–Crippen MR) is 54.2 cm³/mol. The highest BCUT2D eigenvalue weighted by molar-refractivity contribution is 5.36. The van der Waals surface area contributed by atoms with E-state index >= 15 is 0 Å². The van der Waals surface area contributed by atoms with Gasteiger partial charge < -0.3 is 25.2 Å². The third-order valence-corrected chi connectivity index (χ3v) is 1.28. The molecule has 0 heterocycles. The van der Waals surface area contributed by atoms with Gasteiger partial charge in [0.25, 0.3) is 0 Å². The lowest BCUT2D eigenvalue weighted by Crippen LogP contribution is -2.14. The van der Waals surface area contributed by atoms with Gasteiger partial charge in [0.2, 0.25) is 0 Å². The number of aliphatic hydroxyl groups is 2. The van der Waals surface area contributed by atoms with Gasteiger partial charge in [-0.25, -0.2) is 0 Å². The van der Waals surface area contributed by atoms with Crippen LogP contribution in [0.5, 0.6) is 11.5 Å². The number of hydrogen-bond acceptors (Lipinski definition) is 5. The van der Waals surface area contributed by atoms with Crippen LogP contribution in [0.1, 0.15) is 13.8 Å². The average Bonchev–Trinajstić information content (AvgIpc) is 2.08. The Morgan fingerprint density at radius 1 is 0.933 bits per heavy atom. The first-order chi connectivity index (χ1) is 6.93. The second-order valence-electron chi connectivity index (χ2n) is 2.82. The van der Waals surface area contributed by atoms with Crippen molar-refractivity contribution in [2.24, 2.45) is 0 Å². The minimum atomic E-state index is -0.875. The lowest BCUT2D eigenvalue weighted by Gasteiger charge is -2.07. The second kappa shape index (κ2) is 7.05. The Balaban J connectivity index is 0.000000265. The first-order valence-corrected chi connectivity index (χ1v) is 4.42. The molecule has 0 aromatic heterocycles. The molecular weight excluding hydrogens is 200 g/mol. The van der Waals surface area contributed by atoms with Crippen LogP contribution in [0, 0.1) is 0 Å². The maximum absolute atomic E-state index is 8.67. The van der Waals surface area contributed by atoms with Crippen LogP contribution in [-0.4, -0.2) is 33.0 Å². The van der Waals surface area contributed by atoms with Crippen LogP contribution >= 0.6 is 0 Å². The number of phenolic OH excluding ortho intramolecular Hbond substituents is 2. The molecule has 0 radical (unpaired) electrons. The van der Waals surface area contributed by atoms with Crippen molar-refractivity contribution >= 4 is 0 Å². The summed E-state index contributed by atoms with van der Waals surface area (Å²) in [4.78, 5) is 0. The zero-order chi connectivity index (χ0) is 11.8. The van der Waals surface area contributed by atoms with Crippen molar-refractivity contribution in [3.8, 4) is 11.5 Å². The normalized spacial score (nSPS) is 13.6. The summed E-state index contributed by atoms with van der Waals surface area (Å²) >= 11 is 0. The quantitative estimate of drug-likeness (QED) is 0.433. The van der Waals surface area contributed by atoms with Gasteiger partial charge in [-0.05, 0) is 26.0 Å². The summed E-state index contributed by atoms with van der Waals surface area (Å²) in [6.07, 6.45) is -1.75. The third-order valence-electron chi connectivity index (χ3n) is 1.28. The fourth-order valence-electron chi connectivity index (χ4n) is 0.749. The zero-order valence-corrected chi connectivity index (χ0v) is 8.66. The molecule has 5 heteroatoms. The fourth-order valence-corrected chi connectivity index (χ4v) is 0.749. The number of phenols is 2. The maximum atomic E-state index is 8.67. The van der Waals surface area contributed by atoms with E-state index in [9.17, 15) is 0 Å². The Hall–Kier alpha value is -1.30. The predicted octanol–water partition coefficient (Wildman–Crippen LogP) is 0.777. The van der Waals surface area contributed by atoms with E-state index in [0.29, 0.717) is 0 Å². The van der Waals surface area contributed by atoms with Crippen LogP contribution in [0.2, 0.25) is 0 Å². The Labute approximate surface area is 88.2 Å². The number of aromatic hydroxyl groups is 2. The monoisotopic (exact) mass is 216 g/mol. The topological polar surface area (TPSA) is 90.2 Å². The highest BCUT2D eigenvalue weighted by Crippen LogP contribution is 2.21. The molecule has 86 valence electrons. The first-order valence-electron chi connectivity index (χ1n) is 4.42. The van der Waals surface area contributed by atoms with Gasteiger partial charge in [-0.2, -0.15) is 0 Å². The summed E-state index contributed by atoms with van der Waals surface area (Å²) in [5.41, 5.74) is 0. The van der Waals surface area contributed by atoms with E-state index in [4.69, 9.17) is 20.4 Å². The summed E-state index contributed by atoms with van der Waals surface area (Å²) < 4.78 is 4.36. The maximum Gasteiger partial charge on any atom is 0.157 e. The molecular formula is C10H16O5. The van der Waals surface area contributed by atoms with Crippen LogP contribution < -0.4 is 0 Å². The van der Waals surface area contributed by atoms with Crippen LogP contribution in [0.3, 0.4) is 0 Å². The highest BCUT2D eigenvalue weighted by Gasteiger charge is 1.97. The van der Waals surface area contributed by atoms with Gasteiger partial charge in [0.05, 0.1) is 0 Å². The molecule has 0 bridgehead atoms. The number of benzene rings is 1. The van der Waals surface area contributed by atoms with Crippen molar-refractivity contribution in [3.05, 3.63) is 24.3 Å². The first kappa shape index (κ1) is 13.7. The van der Waals surface area contributed by atoms with E-state index in [1.807, 2.05) is 0 Å². The molecule has 5 nitrogen and oxygen atoms in total. The average molecular weight is 216 g/mol. The summed E-state index contributed by atoms with van der Waals surface area (Å²) in [5.74, 6) is -0.153. The SMILES string of the molecule is CC(O)OC(C)O.Oc1ccccc1O. The fraction of sp³-hybridized carbons (Fsp3) is 0.400. The molecule has 1 rings (SSSR count). The van der Waals surface area contributed by atoms with Crippen LogP contribution in [0.25, 0.3) is 0 Å². The molecule has 0 aliphatic rings. The Morgan fingerprint density at radius 2 is 1.27 bits per heavy atom. The van der Waals surface area contributed by atoms with Crippen molar-refractivity contribution in [1.29, 1.82) is 0 Å². The molecule has 0 saturated carbocycles. The molecule has 2 atom stereocenters. The van der Waals surface area contributed by atoms with Gasteiger partial charge in [-0.3, -0.25) is 0 Å². The summed E-state index contributed by atoms with van der Waals surface area (Å²) in [6, 6.07) is 6.15. The standard InChI is InChI=1S/C6H6O2.C4H10O3/c7-5-3-1-2-4-6(5)8;1-3(5)7-4(2)6/h1-4,7-8H;3-6H,1-2H3. The highest BCUT2D eigenvalue weighted by atomic mass is 16.7. The Morgan fingerprint density at radius 3 is 1.40 bits per heavy atom. The molecule has 4 N–H and O–H groups in total. The molecule has 0 saturated heterocycles. The Kier molecular flexibility index (Phi) is 6.44. The molecule has 2 unspecified atom stereocenters. The molecule has 0 amide bonds. The van der Waals surface area contributed by atoms with Gasteiger partial charge in [-0.1, -0.05) is 12.1 Å². The number of para-hydroxylation sites is 2. The van der Waals surface area contributed by atoms with Crippen molar-refractivity contribution in [2.45, 2.75) is 26.4 Å². The van der Waals surface area contributed by atoms with E-state index in [2.05, 4.69) is 4.74 Å². The third kappa shape index (κ3) is 7.75. The Bertz CT molecular complexity index is 245. The van der Waals surface area contributed by atoms with Gasteiger partial charge in [-0.15, -0.1) is 0 Å². The van der Waals surface area contributed by atoms with Crippen molar-refractivity contribution in [3.63, 3.8) is 0 Å². The van der Waals surface area contributed by atoms with Crippen molar-refractivity contribution < 1.29 is 25.2 Å². The zero-order valence-electron chi connectivity index (χ0n) is 8.66. The minimum absolute atomic E-state index is 0.0764. The molecule has 15 heavy (non-hydrogen) atoms. The lowest BCUT2D eigenvalue weighted by atomic mass is 10.3. The van der Waals surface area contributed by atoms with Crippen molar-refractivity contribution in [1.82, 2.24) is 0 Å². The molecule has 0 fully saturated rings. The van der Waals surface area contributed by atoms with Gasteiger partial charge in [0.15, 0.2) is 24.1 Å². The van der Waals surface area contributed by atoms with E-state index in [0.717, 1.165) is 0 Å². The smallest absolute Gasteiger partial charge is 0.157 e. The second-order valence-corrected chi connectivity index (χ2v) is 2.82. The van der Waals surface area contributed by atoms with Gasteiger partial charge in [0, 0.05) is 0 Å². The number of aliphatic hydroxyl groups excluding tert-OH is 2. The van der Waals surface area contributed by atoms with Gasteiger partial charge in [0.1, 0.15) is 0 Å². The molecule has 1 aromatic rings. The van der Waals surface area contributed by atoms with E-state index in [1.54, 1.807) is 12.1 Å². The summed E-state index contributed by atoms with van der Waals surface area (Å²) in [6.45, 7) is 2.87. The molecule has 0 aliphatic heterocycles. The van der Waals surface area contributed by atoms with Crippen LogP contribution in [0.4, 0.5) is 0 Å². The van der Waals surface area contributed by atoms with Crippen LogP contribution in [-0.2, 0) is 4.74 Å². The van der Waals surface area contributed by atoms with E-state index in [1.165, 1.54) is 26.0 Å². The summed E-state index contributed by atoms with van der Waals surface area (Å²) in [7, 11) is 0. The number of ether oxygens (including phenoxy) is 1. The largest absolute Gasteiger partial charge is 0.504 e. The summed E-state index contributed by atoms with van der Waals surface area (Å²) in [5, 5.41) is 34.0. The molecule has 0 aliphatic carbocycles. The molecule has 0 spiro atoms. The lowest BCUT2D eigenvalue weighted by molar-refractivity contribution is -0.190. The van der Waals surface area contributed by atoms with Gasteiger partial charge >= 0.3 is 0 Å². The van der Waals surface area contributed by atoms with Crippen molar-refractivity contribution in [2.75, 3.05) is 0 Å². The minimum Gasteiger partial charge on any atom is -0.504 e.